The van der Waals surface area contributed by atoms with Gasteiger partial charge in [-0.15, -0.1) is 0 Å². The Balaban J connectivity index is 4.41. The number of ether oxygens (including phenoxy) is 3. The number of esters is 3. The predicted octanol–water partition coefficient (Wildman–Crippen LogP) is 22.8. The molecule has 6 heteroatoms. The maximum Gasteiger partial charge on any atom is 0.306 e. The normalized spacial score (nSPS) is 12.9. The van der Waals surface area contributed by atoms with Gasteiger partial charge in [0.2, 0.25) is 0 Å². The van der Waals surface area contributed by atoms with Gasteiger partial charge in [0.15, 0.2) is 6.10 Å². The molecule has 1 unspecified atom stereocenters. The number of carbonyl (C=O) groups excluding carboxylic acids is 3. The molecule has 0 aromatic carbocycles. The molecule has 1 atom stereocenters. The summed E-state index contributed by atoms with van der Waals surface area (Å²) in [7, 11) is 0. The summed E-state index contributed by atoms with van der Waals surface area (Å²) < 4.78 is 16.9. The maximum atomic E-state index is 12.9. The highest BCUT2D eigenvalue weighted by Gasteiger charge is 2.19. The minimum absolute atomic E-state index is 0.0888. The molecule has 0 aliphatic heterocycles. The van der Waals surface area contributed by atoms with Crippen LogP contribution in [0, 0.1) is 0 Å². The molecule has 0 fully saturated rings. The lowest BCUT2D eigenvalue weighted by Gasteiger charge is -2.18. The van der Waals surface area contributed by atoms with Crippen molar-refractivity contribution in [1.29, 1.82) is 0 Å². The van der Waals surface area contributed by atoms with Crippen LogP contribution in [0.25, 0.3) is 0 Å². The van der Waals surface area contributed by atoms with Gasteiger partial charge in [0.05, 0.1) is 0 Å². The summed E-state index contributed by atoms with van der Waals surface area (Å²) >= 11 is 0. The summed E-state index contributed by atoms with van der Waals surface area (Å²) in [6.45, 7) is 6.41. The summed E-state index contributed by atoms with van der Waals surface area (Å²) in [4.78, 5) is 38.4. The Morgan fingerprint density at radius 1 is 0.266 bits per heavy atom. The van der Waals surface area contributed by atoms with Crippen molar-refractivity contribution in [3.63, 3.8) is 0 Å². The van der Waals surface area contributed by atoms with E-state index in [9.17, 15) is 14.4 Å². The number of unbranched alkanes of at least 4 members (excludes halogenated alkanes) is 28. The molecule has 0 N–H and O–H groups in total. The maximum absolute atomic E-state index is 12.9. The third-order valence-corrected chi connectivity index (χ3v) is 13.9. The molecule has 0 heterocycles. The van der Waals surface area contributed by atoms with Crippen LogP contribution >= 0.6 is 0 Å². The summed E-state index contributed by atoms with van der Waals surface area (Å²) in [5.41, 5.74) is 0. The lowest BCUT2D eigenvalue weighted by Crippen LogP contribution is -2.30. The van der Waals surface area contributed by atoms with Crippen molar-refractivity contribution in [3.05, 3.63) is 122 Å². The van der Waals surface area contributed by atoms with Gasteiger partial charge in [0.1, 0.15) is 13.2 Å². The summed E-state index contributed by atoms with van der Waals surface area (Å²) in [5, 5.41) is 0. The van der Waals surface area contributed by atoms with Crippen molar-refractivity contribution >= 4 is 17.9 Å². The first kappa shape index (κ1) is 74.8. The Hall–Kier alpha value is -4.19. The van der Waals surface area contributed by atoms with E-state index in [1.165, 1.54) is 135 Å². The van der Waals surface area contributed by atoms with Gasteiger partial charge in [-0.05, 0) is 128 Å². The molecular formula is C73H122O6. The molecule has 0 aromatic heterocycles. The van der Waals surface area contributed by atoms with Crippen LogP contribution in [-0.4, -0.2) is 37.2 Å². The van der Waals surface area contributed by atoms with Crippen molar-refractivity contribution in [1.82, 2.24) is 0 Å². The molecule has 6 nitrogen and oxygen atoms in total. The van der Waals surface area contributed by atoms with Crippen LogP contribution in [0.3, 0.4) is 0 Å². The molecular weight excluding hydrogens is 973 g/mol. The van der Waals surface area contributed by atoms with E-state index in [2.05, 4.69) is 142 Å². The third kappa shape index (κ3) is 64.5. The topological polar surface area (TPSA) is 78.9 Å². The Labute approximate surface area is 488 Å². The number of rotatable bonds is 59. The van der Waals surface area contributed by atoms with E-state index < -0.39 is 6.10 Å². The van der Waals surface area contributed by atoms with Crippen LogP contribution in [0.2, 0.25) is 0 Å². The van der Waals surface area contributed by atoms with Gasteiger partial charge < -0.3 is 14.2 Å². The van der Waals surface area contributed by atoms with Crippen molar-refractivity contribution in [2.75, 3.05) is 13.2 Å². The number of hydrogen-bond acceptors (Lipinski definition) is 6. The minimum atomic E-state index is -0.793. The third-order valence-electron chi connectivity index (χ3n) is 13.9. The molecule has 0 radical (unpaired) electrons. The van der Waals surface area contributed by atoms with E-state index in [1.807, 2.05) is 0 Å². The van der Waals surface area contributed by atoms with E-state index in [1.54, 1.807) is 0 Å². The highest BCUT2D eigenvalue weighted by Crippen LogP contribution is 2.16. The van der Waals surface area contributed by atoms with Gasteiger partial charge in [-0.2, -0.15) is 0 Å². The Morgan fingerprint density at radius 2 is 0.494 bits per heavy atom. The van der Waals surface area contributed by atoms with E-state index in [0.717, 1.165) is 128 Å². The lowest BCUT2D eigenvalue weighted by molar-refractivity contribution is -0.167. The molecule has 0 saturated heterocycles. The Kier molecular flexibility index (Phi) is 62.8. The van der Waals surface area contributed by atoms with Crippen LogP contribution in [0.15, 0.2) is 122 Å². The Morgan fingerprint density at radius 3 is 0.785 bits per heavy atom. The number of hydrogen-bond donors (Lipinski definition) is 0. The van der Waals surface area contributed by atoms with Gasteiger partial charge in [-0.1, -0.05) is 277 Å². The largest absolute Gasteiger partial charge is 0.462 e. The zero-order valence-corrected chi connectivity index (χ0v) is 51.6. The predicted molar refractivity (Wildman–Crippen MR) is 343 cm³/mol. The minimum Gasteiger partial charge on any atom is -0.462 e. The average Bonchev–Trinajstić information content (AvgIpc) is 3.45. The first-order valence-electron chi connectivity index (χ1n) is 33.0. The molecule has 0 amide bonds. The summed E-state index contributed by atoms with van der Waals surface area (Å²) in [6.07, 6.45) is 92.0. The zero-order chi connectivity index (χ0) is 57.1. The fourth-order valence-corrected chi connectivity index (χ4v) is 9.04. The smallest absolute Gasteiger partial charge is 0.306 e. The van der Waals surface area contributed by atoms with Crippen LogP contribution in [-0.2, 0) is 28.6 Å². The van der Waals surface area contributed by atoms with E-state index in [-0.39, 0.29) is 31.1 Å². The number of carbonyl (C=O) groups is 3. The van der Waals surface area contributed by atoms with Crippen LogP contribution < -0.4 is 0 Å². The van der Waals surface area contributed by atoms with Crippen molar-refractivity contribution < 1.29 is 28.6 Å². The van der Waals surface area contributed by atoms with Crippen LogP contribution in [0.1, 0.15) is 303 Å². The van der Waals surface area contributed by atoms with Crippen molar-refractivity contribution in [2.45, 2.75) is 309 Å². The van der Waals surface area contributed by atoms with Crippen LogP contribution in [0.5, 0.6) is 0 Å². The average molecular weight is 1100 g/mol. The Bertz CT molecular complexity index is 1640. The quantitative estimate of drug-likeness (QED) is 0.0261. The molecule has 0 aliphatic rings. The SMILES string of the molecule is CC/C=C\C/C=C\C/C=C\C/C=C\C/C=C\CCCCCCCCCC(=O)OCC(COC(=O)CCCCCCC/C=C\CCCCCCCC)OC(=O)CCCCCCCCCCCC/C=C\C/C=C\C/C=C\C/C=C\CC. The lowest BCUT2D eigenvalue weighted by atomic mass is 10.0. The van der Waals surface area contributed by atoms with Crippen LogP contribution in [0.4, 0.5) is 0 Å². The second kappa shape index (κ2) is 66.3. The summed E-state index contributed by atoms with van der Waals surface area (Å²) in [6, 6.07) is 0. The molecule has 0 bridgehead atoms. The van der Waals surface area contributed by atoms with E-state index in [0.29, 0.717) is 19.3 Å². The second-order valence-electron chi connectivity index (χ2n) is 21.6. The van der Waals surface area contributed by atoms with E-state index >= 15 is 0 Å². The zero-order valence-electron chi connectivity index (χ0n) is 51.6. The molecule has 79 heavy (non-hydrogen) atoms. The fraction of sp³-hybridized carbons (Fsp3) is 0.685. The first-order valence-corrected chi connectivity index (χ1v) is 33.0. The molecule has 0 spiro atoms. The fourth-order valence-electron chi connectivity index (χ4n) is 9.04. The highest BCUT2D eigenvalue weighted by molar-refractivity contribution is 5.71. The molecule has 0 saturated carbocycles. The van der Waals surface area contributed by atoms with Gasteiger partial charge in [0.25, 0.3) is 0 Å². The number of allylic oxidation sites excluding steroid dienone is 20. The molecule has 450 valence electrons. The van der Waals surface area contributed by atoms with Gasteiger partial charge in [-0.25, -0.2) is 0 Å². The van der Waals surface area contributed by atoms with Crippen molar-refractivity contribution in [3.8, 4) is 0 Å². The molecule has 0 aliphatic carbocycles. The van der Waals surface area contributed by atoms with Gasteiger partial charge >= 0.3 is 17.9 Å². The molecule has 0 rings (SSSR count). The monoisotopic (exact) mass is 1090 g/mol. The van der Waals surface area contributed by atoms with Gasteiger partial charge in [0, 0.05) is 19.3 Å². The summed E-state index contributed by atoms with van der Waals surface area (Å²) in [5.74, 6) is -0.905. The second-order valence-corrected chi connectivity index (χ2v) is 21.6. The standard InChI is InChI=1S/C73H122O6/c1-4-7-10-13-16-19-22-25-28-30-32-34-36-38-40-42-45-48-51-54-57-60-63-66-72(75)78-69-70(68-77-71(74)65-62-59-56-53-50-47-44-27-24-21-18-15-12-9-6-3)79-73(76)67-64-61-58-55-52-49-46-43-41-39-37-35-33-31-29-26-23-20-17-14-11-8-5-2/h7-8,10-11,16-17,19-20,25-29,32-35,38,40,44,70H,4-6,9,12-15,18,21-24,30-31,36-37,39,41-43,45-69H2,1-3H3/b10-7-,11-8-,19-16-,20-17-,28-25-,29-26-,34-32-,35-33-,40-38-,44-27-. The molecule has 0 aromatic rings. The van der Waals surface area contributed by atoms with Crippen molar-refractivity contribution in [2.24, 2.45) is 0 Å². The highest BCUT2D eigenvalue weighted by atomic mass is 16.6. The van der Waals surface area contributed by atoms with E-state index in [4.69, 9.17) is 14.2 Å². The van der Waals surface area contributed by atoms with Gasteiger partial charge in [-0.3, -0.25) is 14.4 Å². The first-order chi connectivity index (χ1) is 39.0.